The van der Waals surface area contributed by atoms with Crippen molar-refractivity contribution in [3.63, 3.8) is 0 Å². The van der Waals surface area contributed by atoms with Gasteiger partial charge in [-0.15, -0.1) is 0 Å². The summed E-state index contributed by atoms with van der Waals surface area (Å²) in [6, 6.07) is 0. The average molecular weight is 339 g/mol. The fraction of sp³-hybridized carbons (Fsp3) is 0.357. The number of nitrogens with zero attached hydrogens (tertiary/aromatic N) is 2. The maximum absolute atomic E-state index is 12.4. The van der Waals surface area contributed by atoms with Crippen molar-refractivity contribution in [3.05, 3.63) is 40.9 Å². The van der Waals surface area contributed by atoms with Crippen LogP contribution in [-0.4, -0.2) is 36.0 Å². The van der Waals surface area contributed by atoms with E-state index < -0.39 is 16.0 Å². The Morgan fingerprint density at radius 1 is 1.26 bits per heavy atom. The van der Waals surface area contributed by atoms with Gasteiger partial charge in [-0.2, -0.15) is 0 Å². The molecule has 0 amide bonds. The van der Waals surface area contributed by atoms with Crippen molar-refractivity contribution in [2.45, 2.75) is 32.1 Å². The molecule has 0 atom stereocenters. The topological polar surface area (TPSA) is 122 Å². The minimum absolute atomic E-state index is 0.0442. The van der Waals surface area contributed by atoms with Crippen molar-refractivity contribution < 1.29 is 22.7 Å². The zero-order valence-corrected chi connectivity index (χ0v) is 13.8. The molecule has 23 heavy (non-hydrogen) atoms. The van der Waals surface area contributed by atoms with Gasteiger partial charge in [-0.25, -0.2) is 17.9 Å². The van der Waals surface area contributed by atoms with Crippen molar-refractivity contribution in [2.75, 3.05) is 6.54 Å². The molecule has 124 valence electrons. The van der Waals surface area contributed by atoms with Gasteiger partial charge >= 0.3 is 5.97 Å². The van der Waals surface area contributed by atoms with E-state index in [4.69, 9.17) is 4.42 Å². The number of furan rings is 1. The van der Waals surface area contributed by atoms with E-state index in [9.17, 15) is 18.3 Å². The number of aromatic nitrogens is 2. The predicted molar refractivity (Wildman–Crippen MR) is 80.8 cm³/mol. The molecular weight excluding hydrogens is 322 g/mol. The molecule has 2 N–H and O–H groups in total. The Labute approximate surface area is 133 Å². The summed E-state index contributed by atoms with van der Waals surface area (Å²) in [4.78, 5) is 19.1. The van der Waals surface area contributed by atoms with Crippen LogP contribution < -0.4 is 4.72 Å². The van der Waals surface area contributed by atoms with Crippen LogP contribution in [0.25, 0.3) is 0 Å². The highest BCUT2D eigenvalue weighted by atomic mass is 32.2. The number of carboxylic acid groups (broad SMARTS) is 1. The van der Waals surface area contributed by atoms with E-state index >= 15 is 0 Å². The third-order valence-corrected chi connectivity index (χ3v) is 4.78. The lowest BCUT2D eigenvalue weighted by Crippen LogP contribution is -2.28. The number of carbonyl (C=O) groups is 1. The average Bonchev–Trinajstić information content (AvgIpc) is 2.74. The normalized spacial score (nSPS) is 11.6. The molecule has 0 bridgehead atoms. The fourth-order valence-electron chi connectivity index (χ4n) is 2.26. The Morgan fingerprint density at radius 2 is 1.96 bits per heavy atom. The van der Waals surface area contributed by atoms with Gasteiger partial charge in [-0.05, 0) is 20.8 Å². The third kappa shape index (κ3) is 3.74. The van der Waals surface area contributed by atoms with Gasteiger partial charge in [-0.3, -0.25) is 9.97 Å². The molecule has 0 aromatic carbocycles. The van der Waals surface area contributed by atoms with Crippen LogP contribution in [0, 0.1) is 20.8 Å². The molecule has 0 unspecified atom stereocenters. The van der Waals surface area contributed by atoms with Gasteiger partial charge in [0.25, 0.3) is 0 Å². The van der Waals surface area contributed by atoms with E-state index in [1.165, 1.54) is 13.8 Å². The first-order valence-electron chi connectivity index (χ1n) is 6.83. The first-order chi connectivity index (χ1) is 10.7. The SMILES string of the molecule is Cc1cncc(CCNS(=O)(=O)c2c(C)oc(C)c2C(=O)O)n1. The van der Waals surface area contributed by atoms with Crippen molar-refractivity contribution in [2.24, 2.45) is 0 Å². The molecule has 0 radical (unpaired) electrons. The third-order valence-electron chi connectivity index (χ3n) is 3.17. The van der Waals surface area contributed by atoms with Crippen molar-refractivity contribution in [3.8, 4) is 0 Å². The molecule has 0 spiro atoms. The van der Waals surface area contributed by atoms with Gasteiger partial charge in [0.1, 0.15) is 22.0 Å². The van der Waals surface area contributed by atoms with Crippen molar-refractivity contribution >= 4 is 16.0 Å². The number of aromatic carboxylic acids is 1. The molecule has 9 heteroatoms. The number of rotatable bonds is 6. The first-order valence-corrected chi connectivity index (χ1v) is 8.31. The van der Waals surface area contributed by atoms with Crippen LogP contribution in [0.3, 0.4) is 0 Å². The summed E-state index contributed by atoms with van der Waals surface area (Å²) in [6.07, 6.45) is 3.49. The van der Waals surface area contributed by atoms with E-state index in [1.54, 1.807) is 19.3 Å². The Hall–Kier alpha value is -2.26. The Morgan fingerprint density at radius 3 is 2.57 bits per heavy atom. The molecule has 0 fully saturated rings. The van der Waals surface area contributed by atoms with Crippen LogP contribution in [0.15, 0.2) is 21.7 Å². The highest BCUT2D eigenvalue weighted by Gasteiger charge is 2.30. The fourth-order valence-corrected chi connectivity index (χ4v) is 3.69. The first kappa shape index (κ1) is 17.1. The standard InChI is InChI=1S/C14H17N3O5S/c1-8-6-15-7-11(17-8)4-5-16-23(20,21)13-10(3)22-9(2)12(13)14(18)19/h6-7,16H,4-5H2,1-3H3,(H,18,19). The second kappa shape index (κ2) is 6.47. The number of sulfonamides is 1. The number of nitrogens with one attached hydrogen (secondary N) is 1. The molecule has 0 aliphatic carbocycles. The highest BCUT2D eigenvalue weighted by Crippen LogP contribution is 2.26. The minimum Gasteiger partial charge on any atom is -0.478 e. The predicted octanol–water partition coefficient (Wildman–Crippen LogP) is 1.21. The van der Waals surface area contributed by atoms with Crippen molar-refractivity contribution in [1.29, 1.82) is 0 Å². The zero-order valence-electron chi connectivity index (χ0n) is 13.0. The summed E-state index contributed by atoms with van der Waals surface area (Å²) in [6.45, 7) is 4.69. The maximum Gasteiger partial charge on any atom is 0.340 e. The summed E-state index contributed by atoms with van der Waals surface area (Å²) in [7, 11) is -4.00. The molecule has 2 aromatic rings. The molecule has 2 aromatic heterocycles. The Bertz CT molecular complexity index is 842. The van der Waals surface area contributed by atoms with Crippen LogP contribution >= 0.6 is 0 Å². The van der Waals surface area contributed by atoms with E-state index in [2.05, 4.69) is 14.7 Å². The Balaban J connectivity index is 2.18. The summed E-state index contributed by atoms with van der Waals surface area (Å²) in [5, 5.41) is 9.19. The second-order valence-corrected chi connectivity index (χ2v) is 6.73. The van der Waals surface area contributed by atoms with Gasteiger partial charge in [-0.1, -0.05) is 0 Å². The number of aryl methyl sites for hydroxylation is 3. The monoisotopic (exact) mass is 339 g/mol. The van der Waals surface area contributed by atoms with Crippen LogP contribution in [0.1, 0.15) is 33.3 Å². The lowest BCUT2D eigenvalue weighted by Gasteiger charge is -2.07. The van der Waals surface area contributed by atoms with Crippen LogP contribution in [0.4, 0.5) is 0 Å². The largest absolute Gasteiger partial charge is 0.478 e. The molecule has 2 rings (SSSR count). The summed E-state index contributed by atoms with van der Waals surface area (Å²) >= 11 is 0. The maximum atomic E-state index is 12.4. The van der Waals surface area contributed by atoms with Crippen molar-refractivity contribution in [1.82, 2.24) is 14.7 Å². The van der Waals surface area contributed by atoms with Gasteiger partial charge in [0, 0.05) is 25.4 Å². The van der Waals surface area contributed by atoms with E-state index in [0.29, 0.717) is 12.1 Å². The van der Waals surface area contributed by atoms with Crippen LogP contribution in [0.2, 0.25) is 0 Å². The van der Waals surface area contributed by atoms with E-state index in [1.807, 2.05) is 0 Å². The summed E-state index contributed by atoms with van der Waals surface area (Å²) < 4.78 is 32.3. The molecule has 8 nitrogen and oxygen atoms in total. The quantitative estimate of drug-likeness (QED) is 0.811. The highest BCUT2D eigenvalue weighted by molar-refractivity contribution is 7.89. The molecule has 2 heterocycles. The van der Waals surface area contributed by atoms with Gasteiger partial charge in [0.2, 0.25) is 10.0 Å². The minimum atomic E-state index is -4.00. The molecule has 0 aliphatic rings. The van der Waals surface area contributed by atoms with E-state index in [0.717, 1.165) is 5.69 Å². The number of carboxylic acids is 1. The number of hydrogen-bond acceptors (Lipinski definition) is 6. The molecule has 0 saturated heterocycles. The smallest absolute Gasteiger partial charge is 0.340 e. The number of hydrogen-bond donors (Lipinski definition) is 2. The lowest BCUT2D eigenvalue weighted by atomic mass is 10.2. The molecule has 0 saturated carbocycles. The summed E-state index contributed by atoms with van der Waals surface area (Å²) in [5.74, 6) is -1.24. The molecular formula is C14H17N3O5S. The zero-order chi connectivity index (χ0) is 17.2. The van der Waals surface area contributed by atoms with Gasteiger partial charge < -0.3 is 9.52 Å². The van der Waals surface area contributed by atoms with E-state index in [-0.39, 0.29) is 28.5 Å². The van der Waals surface area contributed by atoms with Crippen LogP contribution in [0.5, 0.6) is 0 Å². The van der Waals surface area contributed by atoms with Gasteiger partial charge in [0.15, 0.2) is 0 Å². The molecule has 0 aliphatic heterocycles. The lowest BCUT2D eigenvalue weighted by molar-refractivity contribution is 0.0691. The van der Waals surface area contributed by atoms with Crippen LogP contribution in [-0.2, 0) is 16.4 Å². The second-order valence-electron chi connectivity index (χ2n) is 5.02. The summed E-state index contributed by atoms with van der Waals surface area (Å²) in [5.41, 5.74) is 1.04. The Kier molecular flexibility index (Phi) is 4.81. The van der Waals surface area contributed by atoms with Gasteiger partial charge in [0.05, 0.1) is 11.4 Å².